The second-order valence-electron chi connectivity index (χ2n) is 5.65. The van der Waals surface area contributed by atoms with Gasteiger partial charge in [-0.2, -0.15) is 0 Å². The van der Waals surface area contributed by atoms with Crippen LogP contribution < -0.4 is 16.0 Å². The van der Waals surface area contributed by atoms with Crippen molar-refractivity contribution < 1.29 is 9.59 Å². The summed E-state index contributed by atoms with van der Waals surface area (Å²) in [6, 6.07) is 10.9. The minimum atomic E-state index is -0.305. The Hall–Kier alpha value is -2.51. The van der Waals surface area contributed by atoms with Crippen LogP contribution in [0, 0.1) is 0 Å². The van der Waals surface area contributed by atoms with Gasteiger partial charge in [0.25, 0.3) is 5.91 Å². The smallest absolute Gasteiger partial charge is 0.251 e. The Labute approximate surface area is 162 Å². The summed E-state index contributed by atoms with van der Waals surface area (Å²) in [5, 5.41) is 10.5. The van der Waals surface area contributed by atoms with Crippen molar-refractivity contribution in [3.8, 4) is 0 Å². The van der Waals surface area contributed by atoms with Crippen LogP contribution in [0.4, 0.5) is 5.69 Å². The number of thiophene rings is 1. The SMILES string of the molecule is CCC(C)NC(=O)c1ccc(NC(=S)NC(=O)/C=C/c2cccs2)cc1. The van der Waals surface area contributed by atoms with E-state index in [1.165, 1.54) is 6.08 Å². The number of benzene rings is 1. The summed E-state index contributed by atoms with van der Waals surface area (Å²) in [5.74, 6) is -0.416. The van der Waals surface area contributed by atoms with Crippen molar-refractivity contribution >= 4 is 52.2 Å². The van der Waals surface area contributed by atoms with Crippen molar-refractivity contribution in [3.05, 3.63) is 58.3 Å². The number of carbonyl (C=O) groups is 2. The Morgan fingerprint density at radius 3 is 2.58 bits per heavy atom. The van der Waals surface area contributed by atoms with Gasteiger partial charge < -0.3 is 10.6 Å². The highest BCUT2D eigenvalue weighted by Gasteiger charge is 2.08. The summed E-state index contributed by atoms with van der Waals surface area (Å²) >= 11 is 6.68. The Morgan fingerprint density at radius 1 is 1.23 bits per heavy atom. The maximum absolute atomic E-state index is 12.0. The van der Waals surface area contributed by atoms with Crippen LogP contribution in [0.5, 0.6) is 0 Å². The molecule has 26 heavy (non-hydrogen) atoms. The first-order valence-corrected chi connectivity index (χ1v) is 9.51. The molecule has 136 valence electrons. The molecule has 0 saturated carbocycles. The maximum atomic E-state index is 12.0. The van der Waals surface area contributed by atoms with Gasteiger partial charge in [-0.15, -0.1) is 11.3 Å². The fraction of sp³-hybridized carbons (Fsp3) is 0.211. The second-order valence-corrected chi connectivity index (χ2v) is 7.04. The van der Waals surface area contributed by atoms with Crippen molar-refractivity contribution in [1.29, 1.82) is 0 Å². The predicted molar refractivity (Wildman–Crippen MR) is 111 cm³/mol. The number of thiocarbonyl (C=S) groups is 1. The monoisotopic (exact) mass is 387 g/mol. The topological polar surface area (TPSA) is 70.2 Å². The number of anilines is 1. The molecule has 0 spiro atoms. The molecule has 0 aliphatic heterocycles. The lowest BCUT2D eigenvalue weighted by atomic mass is 10.1. The van der Waals surface area contributed by atoms with Gasteiger partial charge in [0.2, 0.25) is 5.91 Å². The number of rotatable bonds is 6. The molecule has 1 atom stereocenters. The molecule has 1 aromatic heterocycles. The molecule has 0 bridgehead atoms. The molecule has 0 aliphatic carbocycles. The number of carbonyl (C=O) groups excluding carboxylic acids is 2. The van der Waals surface area contributed by atoms with Crippen LogP contribution in [0.3, 0.4) is 0 Å². The van der Waals surface area contributed by atoms with Crippen molar-refractivity contribution in [2.45, 2.75) is 26.3 Å². The third-order valence-electron chi connectivity index (χ3n) is 3.57. The fourth-order valence-corrected chi connectivity index (χ4v) is 2.81. The minimum absolute atomic E-state index is 0.111. The summed E-state index contributed by atoms with van der Waals surface area (Å²) in [5.41, 5.74) is 1.27. The van der Waals surface area contributed by atoms with Crippen molar-refractivity contribution in [2.75, 3.05) is 5.32 Å². The maximum Gasteiger partial charge on any atom is 0.251 e. The third kappa shape index (κ3) is 6.42. The van der Waals surface area contributed by atoms with Gasteiger partial charge in [0, 0.05) is 28.2 Å². The molecule has 1 aromatic carbocycles. The fourth-order valence-electron chi connectivity index (χ4n) is 1.97. The highest BCUT2D eigenvalue weighted by molar-refractivity contribution is 7.80. The molecular weight excluding hydrogens is 366 g/mol. The van der Waals surface area contributed by atoms with Crippen LogP contribution in [0.15, 0.2) is 47.9 Å². The molecule has 2 aromatic rings. The van der Waals surface area contributed by atoms with Gasteiger partial charge in [-0.25, -0.2) is 0 Å². The van der Waals surface area contributed by atoms with Crippen molar-refractivity contribution in [2.24, 2.45) is 0 Å². The van der Waals surface area contributed by atoms with Gasteiger partial charge in [-0.3, -0.25) is 14.9 Å². The zero-order chi connectivity index (χ0) is 18.9. The van der Waals surface area contributed by atoms with Crippen LogP contribution in [-0.4, -0.2) is 23.0 Å². The Kier molecular flexibility index (Phi) is 7.50. The van der Waals surface area contributed by atoms with Gasteiger partial charge in [-0.1, -0.05) is 13.0 Å². The number of nitrogens with one attached hydrogen (secondary N) is 3. The molecule has 0 saturated heterocycles. The predicted octanol–water partition coefficient (Wildman–Crippen LogP) is 3.80. The average molecular weight is 388 g/mol. The van der Waals surface area contributed by atoms with Crippen LogP contribution >= 0.6 is 23.6 Å². The highest BCUT2D eigenvalue weighted by atomic mass is 32.1. The van der Waals surface area contributed by atoms with E-state index in [4.69, 9.17) is 12.2 Å². The van der Waals surface area contributed by atoms with Gasteiger partial charge in [-0.05, 0) is 67.4 Å². The molecule has 1 unspecified atom stereocenters. The first kappa shape index (κ1) is 19.8. The standard InChI is InChI=1S/C19H21N3O2S2/c1-3-13(2)20-18(24)14-6-8-15(9-7-14)21-19(25)22-17(23)11-10-16-5-4-12-26-16/h4-13H,3H2,1-2H3,(H,20,24)(H2,21,22,23,25)/b11-10+. The third-order valence-corrected chi connectivity index (χ3v) is 4.62. The molecule has 0 fully saturated rings. The molecule has 0 aliphatic rings. The van der Waals surface area contributed by atoms with Gasteiger partial charge in [0.15, 0.2) is 5.11 Å². The summed E-state index contributed by atoms with van der Waals surface area (Å²) in [6.45, 7) is 3.98. The van der Waals surface area contributed by atoms with E-state index in [-0.39, 0.29) is 23.0 Å². The Balaban J connectivity index is 1.85. The number of hydrogen-bond acceptors (Lipinski definition) is 4. The zero-order valence-corrected chi connectivity index (χ0v) is 16.2. The van der Waals surface area contributed by atoms with E-state index in [1.807, 2.05) is 31.4 Å². The molecule has 3 N–H and O–H groups in total. The largest absolute Gasteiger partial charge is 0.350 e. The molecule has 0 radical (unpaired) electrons. The summed E-state index contributed by atoms with van der Waals surface area (Å²) in [4.78, 5) is 24.9. The van der Waals surface area contributed by atoms with Crippen LogP contribution in [0.2, 0.25) is 0 Å². The molecule has 7 heteroatoms. The van der Waals surface area contributed by atoms with Crippen LogP contribution in [0.25, 0.3) is 6.08 Å². The molecule has 2 amide bonds. The lowest BCUT2D eigenvalue weighted by Gasteiger charge is -2.12. The summed E-state index contributed by atoms with van der Waals surface area (Å²) in [6.07, 6.45) is 4.04. The van der Waals surface area contributed by atoms with Crippen LogP contribution in [-0.2, 0) is 4.79 Å². The van der Waals surface area contributed by atoms with Crippen molar-refractivity contribution in [1.82, 2.24) is 10.6 Å². The van der Waals surface area contributed by atoms with Gasteiger partial charge >= 0.3 is 0 Å². The van der Waals surface area contributed by atoms with E-state index in [9.17, 15) is 9.59 Å². The normalized spacial score (nSPS) is 11.8. The number of amides is 2. The minimum Gasteiger partial charge on any atom is -0.350 e. The van der Waals surface area contributed by atoms with Crippen LogP contribution in [0.1, 0.15) is 35.5 Å². The van der Waals surface area contributed by atoms with E-state index in [1.54, 1.807) is 41.7 Å². The van der Waals surface area contributed by atoms with E-state index < -0.39 is 0 Å². The average Bonchev–Trinajstić information content (AvgIpc) is 3.13. The first-order chi connectivity index (χ1) is 12.5. The van der Waals surface area contributed by atoms with Gasteiger partial charge in [0.1, 0.15) is 0 Å². The quantitative estimate of drug-likeness (QED) is 0.521. The molecule has 1 heterocycles. The first-order valence-electron chi connectivity index (χ1n) is 8.22. The lowest BCUT2D eigenvalue weighted by molar-refractivity contribution is -0.115. The van der Waals surface area contributed by atoms with Crippen molar-refractivity contribution in [3.63, 3.8) is 0 Å². The Bertz CT molecular complexity index is 784. The van der Waals surface area contributed by atoms with E-state index in [0.29, 0.717) is 11.3 Å². The molecule has 2 rings (SSSR count). The molecule has 5 nitrogen and oxygen atoms in total. The number of hydrogen-bond donors (Lipinski definition) is 3. The zero-order valence-electron chi connectivity index (χ0n) is 14.6. The Morgan fingerprint density at radius 2 is 1.96 bits per heavy atom. The van der Waals surface area contributed by atoms with E-state index in [0.717, 1.165) is 11.3 Å². The highest BCUT2D eigenvalue weighted by Crippen LogP contribution is 2.11. The summed E-state index contributed by atoms with van der Waals surface area (Å²) in [7, 11) is 0. The lowest BCUT2D eigenvalue weighted by Crippen LogP contribution is -2.33. The van der Waals surface area contributed by atoms with Gasteiger partial charge in [0.05, 0.1) is 0 Å². The second kappa shape index (κ2) is 9.84. The van der Waals surface area contributed by atoms with E-state index in [2.05, 4.69) is 16.0 Å². The summed E-state index contributed by atoms with van der Waals surface area (Å²) < 4.78 is 0. The molecular formula is C19H21N3O2S2. The van der Waals surface area contributed by atoms with E-state index >= 15 is 0 Å².